The van der Waals surface area contributed by atoms with Gasteiger partial charge in [-0.15, -0.1) is 0 Å². The van der Waals surface area contributed by atoms with Gasteiger partial charge in [0.15, 0.2) is 0 Å². The molecule has 3 heterocycles. The predicted molar refractivity (Wildman–Crippen MR) is 114 cm³/mol. The van der Waals surface area contributed by atoms with Gasteiger partial charge >= 0.3 is 0 Å². The van der Waals surface area contributed by atoms with Crippen molar-refractivity contribution in [1.29, 1.82) is 0 Å². The van der Waals surface area contributed by atoms with Crippen molar-refractivity contribution < 1.29 is 4.79 Å². The van der Waals surface area contributed by atoms with Gasteiger partial charge in [0.2, 0.25) is 5.91 Å². The van der Waals surface area contributed by atoms with E-state index in [0.717, 1.165) is 29.8 Å². The Hall–Kier alpha value is -2.58. The predicted octanol–water partition coefficient (Wildman–Crippen LogP) is 2.29. The zero-order chi connectivity index (χ0) is 20.2. The van der Waals surface area contributed by atoms with Gasteiger partial charge in [0.1, 0.15) is 0 Å². The molecular weight excluding hydrogens is 434 g/mol. The van der Waals surface area contributed by atoms with E-state index in [2.05, 4.69) is 30.8 Å². The molecule has 0 unspecified atom stereocenters. The lowest BCUT2D eigenvalue weighted by Gasteiger charge is -2.34. The van der Waals surface area contributed by atoms with Crippen molar-refractivity contribution in [3.05, 3.63) is 69.4 Å². The van der Waals surface area contributed by atoms with Gasteiger partial charge in [0.25, 0.3) is 5.56 Å². The van der Waals surface area contributed by atoms with Crippen molar-refractivity contribution in [2.24, 2.45) is 0 Å². The third-order valence-corrected chi connectivity index (χ3v) is 5.68. The number of halogens is 1. The van der Waals surface area contributed by atoms with Crippen molar-refractivity contribution in [3.8, 4) is 0 Å². The number of pyridine rings is 1. The molecule has 1 fully saturated rings. The van der Waals surface area contributed by atoms with E-state index in [9.17, 15) is 9.59 Å². The fourth-order valence-corrected chi connectivity index (χ4v) is 3.90. The number of carbonyl (C=O) groups is 1. The maximum absolute atomic E-state index is 12.7. The highest BCUT2D eigenvalue weighted by Crippen LogP contribution is 2.15. The summed E-state index contributed by atoms with van der Waals surface area (Å²) in [5, 5.41) is 0.553. The minimum atomic E-state index is -0.121. The molecule has 0 atom stereocenters. The number of piperazine rings is 1. The number of hydrogen-bond acceptors (Lipinski definition) is 5. The molecule has 8 heteroatoms. The molecule has 1 aromatic carbocycles. The summed E-state index contributed by atoms with van der Waals surface area (Å²) < 4.78 is 2.35. The Morgan fingerprint density at radius 3 is 2.66 bits per heavy atom. The molecule has 29 heavy (non-hydrogen) atoms. The first-order chi connectivity index (χ1) is 14.1. The Bertz CT molecular complexity index is 1060. The van der Waals surface area contributed by atoms with Crippen LogP contribution in [0.4, 0.5) is 0 Å². The number of aromatic nitrogens is 3. The maximum Gasteiger partial charge on any atom is 0.261 e. The molecule has 150 valence electrons. The molecule has 4 rings (SSSR count). The van der Waals surface area contributed by atoms with Gasteiger partial charge in [-0.05, 0) is 30.3 Å². The fourth-order valence-electron chi connectivity index (χ4n) is 3.54. The van der Waals surface area contributed by atoms with Crippen LogP contribution in [0.25, 0.3) is 10.9 Å². The molecule has 0 aliphatic carbocycles. The molecule has 1 amide bonds. The van der Waals surface area contributed by atoms with Gasteiger partial charge in [0, 0.05) is 56.4 Å². The van der Waals surface area contributed by atoms with E-state index in [-0.39, 0.29) is 11.5 Å². The number of amides is 1. The van der Waals surface area contributed by atoms with Gasteiger partial charge in [-0.2, -0.15) is 0 Å². The van der Waals surface area contributed by atoms with E-state index < -0.39 is 0 Å². The highest BCUT2D eigenvalue weighted by molar-refractivity contribution is 9.10. The summed E-state index contributed by atoms with van der Waals surface area (Å²) in [6.07, 6.45) is 3.62. The number of benzene rings is 1. The lowest BCUT2D eigenvalue weighted by Crippen LogP contribution is -2.48. The van der Waals surface area contributed by atoms with E-state index in [1.165, 1.54) is 10.9 Å². The van der Waals surface area contributed by atoms with Crippen LogP contribution in [0.1, 0.15) is 12.1 Å². The molecule has 0 bridgehead atoms. The first kappa shape index (κ1) is 19.7. The minimum absolute atomic E-state index is 0.0729. The smallest absolute Gasteiger partial charge is 0.261 e. The molecular formula is C21H22BrN5O2. The molecule has 0 saturated carbocycles. The Morgan fingerprint density at radius 2 is 1.90 bits per heavy atom. The summed E-state index contributed by atoms with van der Waals surface area (Å²) in [6.45, 7) is 4.19. The van der Waals surface area contributed by atoms with Crippen LogP contribution in [0.2, 0.25) is 0 Å². The molecule has 1 aliphatic rings. The maximum atomic E-state index is 12.7. The summed E-state index contributed by atoms with van der Waals surface area (Å²) in [5.41, 5.74) is 1.58. The van der Waals surface area contributed by atoms with Crippen LogP contribution in [0.3, 0.4) is 0 Å². The van der Waals surface area contributed by atoms with Crippen LogP contribution in [0, 0.1) is 0 Å². The average Bonchev–Trinajstić information content (AvgIpc) is 2.75. The second kappa shape index (κ2) is 8.84. The standard InChI is InChI=1S/C21H22BrN5O2/c22-16-4-5-19-18(13-16)21(29)27(15-24-19)8-6-20(28)26-11-9-25(10-12-26)14-17-3-1-2-7-23-17/h1-5,7,13,15H,6,8-12,14H2. The summed E-state index contributed by atoms with van der Waals surface area (Å²) in [7, 11) is 0. The van der Waals surface area contributed by atoms with E-state index in [1.807, 2.05) is 29.2 Å². The molecule has 2 aromatic heterocycles. The number of rotatable bonds is 5. The molecule has 0 radical (unpaired) electrons. The first-order valence-corrected chi connectivity index (χ1v) is 10.4. The molecule has 7 nitrogen and oxygen atoms in total. The Labute approximate surface area is 177 Å². The zero-order valence-corrected chi connectivity index (χ0v) is 17.6. The highest BCUT2D eigenvalue weighted by atomic mass is 79.9. The number of hydrogen-bond donors (Lipinski definition) is 0. The third-order valence-electron chi connectivity index (χ3n) is 5.19. The average molecular weight is 456 g/mol. The number of aryl methyl sites for hydroxylation is 1. The summed E-state index contributed by atoms with van der Waals surface area (Å²) in [6, 6.07) is 11.4. The molecule has 0 N–H and O–H groups in total. The number of carbonyl (C=O) groups excluding carboxylic acids is 1. The minimum Gasteiger partial charge on any atom is -0.340 e. The fraction of sp³-hybridized carbons (Fsp3) is 0.333. The van der Waals surface area contributed by atoms with Gasteiger partial charge in [-0.25, -0.2) is 4.98 Å². The molecule has 3 aromatic rings. The Kier molecular flexibility index (Phi) is 6.01. The van der Waals surface area contributed by atoms with Crippen molar-refractivity contribution in [2.45, 2.75) is 19.5 Å². The highest BCUT2D eigenvalue weighted by Gasteiger charge is 2.21. The quantitative estimate of drug-likeness (QED) is 0.590. The second-order valence-corrected chi connectivity index (χ2v) is 8.05. The molecule has 1 saturated heterocycles. The topological polar surface area (TPSA) is 71.3 Å². The van der Waals surface area contributed by atoms with Crippen LogP contribution in [-0.4, -0.2) is 56.4 Å². The Morgan fingerprint density at radius 1 is 1.07 bits per heavy atom. The number of nitrogens with zero attached hydrogens (tertiary/aromatic N) is 5. The van der Waals surface area contributed by atoms with Gasteiger partial charge in [-0.1, -0.05) is 22.0 Å². The van der Waals surface area contributed by atoms with E-state index >= 15 is 0 Å². The normalized spacial score (nSPS) is 15.0. The van der Waals surface area contributed by atoms with E-state index in [0.29, 0.717) is 37.0 Å². The van der Waals surface area contributed by atoms with E-state index in [4.69, 9.17) is 0 Å². The monoisotopic (exact) mass is 455 g/mol. The lowest BCUT2D eigenvalue weighted by molar-refractivity contribution is -0.133. The molecule has 1 aliphatic heterocycles. The summed E-state index contributed by atoms with van der Waals surface area (Å²) >= 11 is 3.39. The summed E-state index contributed by atoms with van der Waals surface area (Å²) in [5.74, 6) is 0.0729. The largest absolute Gasteiger partial charge is 0.340 e. The third kappa shape index (κ3) is 4.71. The van der Waals surface area contributed by atoms with Crippen molar-refractivity contribution in [3.63, 3.8) is 0 Å². The van der Waals surface area contributed by atoms with Gasteiger partial charge < -0.3 is 4.90 Å². The van der Waals surface area contributed by atoms with E-state index in [1.54, 1.807) is 18.3 Å². The molecule has 0 spiro atoms. The van der Waals surface area contributed by atoms with Gasteiger partial charge in [-0.3, -0.25) is 24.0 Å². The van der Waals surface area contributed by atoms with Crippen LogP contribution < -0.4 is 5.56 Å². The first-order valence-electron chi connectivity index (χ1n) is 9.65. The lowest BCUT2D eigenvalue weighted by atomic mass is 10.2. The van der Waals surface area contributed by atoms with Crippen LogP contribution in [0.5, 0.6) is 0 Å². The second-order valence-electron chi connectivity index (χ2n) is 7.13. The SMILES string of the molecule is O=C(CCn1cnc2ccc(Br)cc2c1=O)N1CCN(Cc2ccccn2)CC1. The van der Waals surface area contributed by atoms with Crippen molar-refractivity contribution in [1.82, 2.24) is 24.3 Å². The zero-order valence-electron chi connectivity index (χ0n) is 16.0. The van der Waals surface area contributed by atoms with Crippen molar-refractivity contribution in [2.75, 3.05) is 26.2 Å². The van der Waals surface area contributed by atoms with Crippen LogP contribution in [0.15, 0.2) is 58.2 Å². The number of fused-ring (bicyclic) bond motifs is 1. The van der Waals surface area contributed by atoms with Crippen LogP contribution in [-0.2, 0) is 17.9 Å². The Balaban J connectivity index is 1.32. The van der Waals surface area contributed by atoms with Crippen LogP contribution >= 0.6 is 15.9 Å². The van der Waals surface area contributed by atoms with Crippen molar-refractivity contribution >= 4 is 32.7 Å². The van der Waals surface area contributed by atoms with Gasteiger partial charge in [0.05, 0.1) is 22.9 Å². The summed E-state index contributed by atoms with van der Waals surface area (Å²) in [4.78, 5) is 38.1.